The van der Waals surface area contributed by atoms with Gasteiger partial charge in [-0.3, -0.25) is 14.4 Å². The van der Waals surface area contributed by atoms with Crippen molar-refractivity contribution in [3.05, 3.63) is 76.3 Å². The summed E-state index contributed by atoms with van der Waals surface area (Å²) in [7, 11) is 0. The first-order chi connectivity index (χ1) is 12.4. The van der Waals surface area contributed by atoms with E-state index in [9.17, 15) is 19.5 Å². The van der Waals surface area contributed by atoms with Gasteiger partial charge in [-0.05, 0) is 53.5 Å². The molecule has 1 atom stereocenters. The largest absolute Gasteiger partial charge is 3.00 e. The second kappa shape index (κ2) is 9.39. The molecule has 0 aromatic heterocycles. The minimum Gasteiger partial charge on any atom is -0.481 e. The Morgan fingerprint density at radius 3 is 2.41 bits per heavy atom. The van der Waals surface area contributed by atoms with E-state index in [0.717, 1.165) is 11.1 Å². The average molecular weight is 578 g/mol. The van der Waals surface area contributed by atoms with Crippen LogP contribution >= 0.6 is 11.6 Å². The molecule has 0 bridgehead atoms. The fraction of sp³-hybridized carbons (Fsp3) is 0.190. The molecule has 4 nitrogen and oxygen atoms in total. The standard InChI is InChI=1S/C21H17ClO4.Bi/c22-17-7-5-13(6-8-17)20(24)12-16(21(25)26)9-15-11-18(23)10-14-3-1-2-4-19(14)15;/h1-8,11,16H,9-10,12H2,(H,25,26);/q;+3. The number of carboxylic acids is 1. The molecular weight excluding hydrogens is 561 g/mol. The SMILES string of the molecule is O=C1C=C(CC(CC(=O)c2ccc(Cl)cc2)C(=O)O)c2ccccc2C1.[Bi+3]. The Labute approximate surface area is 181 Å². The predicted octanol–water partition coefficient (Wildman–Crippen LogP) is 3.83. The van der Waals surface area contributed by atoms with Gasteiger partial charge in [0.05, 0.1) is 5.92 Å². The zero-order chi connectivity index (χ0) is 18.7. The number of fused-ring (bicyclic) bond motifs is 1. The molecule has 1 aliphatic rings. The fourth-order valence-corrected chi connectivity index (χ4v) is 3.28. The van der Waals surface area contributed by atoms with Crippen LogP contribution in [-0.2, 0) is 16.0 Å². The average Bonchev–Trinajstić information content (AvgIpc) is 2.61. The molecule has 0 heterocycles. The smallest absolute Gasteiger partial charge is 0.481 e. The third-order valence-electron chi connectivity index (χ3n) is 4.48. The van der Waals surface area contributed by atoms with Gasteiger partial charge in [0.2, 0.25) is 0 Å². The van der Waals surface area contributed by atoms with E-state index in [-0.39, 0.29) is 50.6 Å². The van der Waals surface area contributed by atoms with E-state index in [0.29, 0.717) is 22.6 Å². The third kappa shape index (κ3) is 5.34. The minimum atomic E-state index is -1.05. The van der Waals surface area contributed by atoms with Crippen LogP contribution in [0.4, 0.5) is 0 Å². The van der Waals surface area contributed by atoms with E-state index in [4.69, 9.17) is 11.6 Å². The van der Waals surface area contributed by atoms with Crippen LogP contribution < -0.4 is 0 Å². The molecule has 0 fully saturated rings. The second-order valence-electron chi connectivity index (χ2n) is 6.34. The van der Waals surface area contributed by atoms with Crippen molar-refractivity contribution in [1.29, 1.82) is 0 Å². The van der Waals surface area contributed by atoms with E-state index in [2.05, 4.69) is 0 Å². The first kappa shape index (κ1) is 21.5. The number of allylic oxidation sites excluding steroid dienone is 2. The molecule has 0 aliphatic heterocycles. The molecule has 1 unspecified atom stereocenters. The van der Waals surface area contributed by atoms with Gasteiger partial charge >= 0.3 is 32.2 Å². The van der Waals surface area contributed by atoms with Gasteiger partial charge in [0.1, 0.15) is 0 Å². The number of hydrogen-bond acceptors (Lipinski definition) is 3. The number of carboxylic acid groups (broad SMARTS) is 1. The van der Waals surface area contributed by atoms with Gasteiger partial charge in [-0.25, -0.2) is 0 Å². The summed E-state index contributed by atoms with van der Waals surface area (Å²) in [6.45, 7) is 0. The van der Waals surface area contributed by atoms with Crippen molar-refractivity contribution in [1.82, 2.24) is 0 Å². The summed E-state index contributed by atoms with van der Waals surface area (Å²) in [5, 5.41) is 10.1. The van der Waals surface area contributed by atoms with E-state index >= 15 is 0 Å². The van der Waals surface area contributed by atoms with Crippen molar-refractivity contribution >= 4 is 60.9 Å². The molecule has 2 aromatic rings. The number of carbonyl (C=O) groups is 3. The molecule has 2 radical (unpaired) electrons. The summed E-state index contributed by atoms with van der Waals surface area (Å²) in [5.41, 5.74) is 2.88. The van der Waals surface area contributed by atoms with Crippen LogP contribution in [-0.4, -0.2) is 48.8 Å². The quantitative estimate of drug-likeness (QED) is 0.419. The molecule has 3 rings (SSSR count). The Bertz CT molecular complexity index is 903. The maximum Gasteiger partial charge on any atom is 3.00 e. The van der Waals surface area contributed by atoms with Crippen LogP contribution in [0.25, 0.3) is 5.57 Å². The summed E-state index contributed by atoms with van der Waals surface area (Å²) in [6.07, 6.45) is 1.83. The van der Waals surface area contributed by atoms with Crippen LogP contribution in [0.2, 0.25) is 5.02 Å². The summed E-state index contributed by atoms with van der Waals surface area (Å²) < 4.78 is 0. The predicted molar refractivity (Wildman–Crippen MR) is 105 cm³/mol. The van der Waals surface area contributed by atoms with Crippen LogP contribution in [0.5, 0.6) is 0 Å². The van der Waals surface area contributed by atoms with Gasteiger partial charge in [-0.1, -0.05) is 35.9 Å². The van der Waals surface area contributed by atoms with Crippen LogP contribution in [0.15, 0.2) is 54.6 Å². The molecule has 0 spiro atoms. The molecule has 1 aliphatic carbocycles. The zero-order valence-electron chi connectivity index (χ0n) is 14.4. The first-order valence-corrected chi connectivity index (χ1v) is 8.65. The molecule has 6 heteroatoms. The number of ketones is 2. The van der Waals surface area contributed by atoms with Gasteiger partial charge in [-0.2, -0.15) is 0 Å². The number of carbonyl (C=O) groups excluding carboxylic acids is 2. The molecule has 0 amide bonds. The molecule has 134 valence electrons. The Morgan fingerprint density at radius 2 is 1.74 bits per heavy atom. The second-order valence-corrected chi connectivity index (χ2v) is 6.78. The molecule has 2 aromatic carbocycles. The Balaban J connectivity index is 0.00000261. The van der Waals surface area contributed by atoms with Gasteiger partial charge in [0.15, 0.2) is 11.6 Å². The zero-order valence-corrected chi connectivity index (χ0v) is 18.6. The Hall–Kier alpha value is -1.84. The van der Waals surface area contributed by atoms with Crippen LogP contribution in [0, 0.1) is 5.92 Å². The fourth-order valence-electron chi connectivity index (χ4n) is 3.16. The van der Waals surface area contributed by atoms with Crippen LogP contribution in [0.3, 0.4) is 0 Å². The minimum absolute atomic E-state index is 0. The number of aliphatic carboxylic acids is 1. The van der Waals surface area contributed by atoms with Gasteiger partial charge in [0.25, 0.3) is 0 Å². The normalized spacial score (nSPS) is 13.8. The molecule has 1 N–H and O–H groups in total. The Morgan fingerprint density at radius 1 is 1.07 bits per heavy atom. The number of hydrogen-bond donors (Lipinski definition) is 1. The van der Waals surface area contributed by atoms with Gasteiger partial charge < -0.3 is 5.11 Å². The Kier molecular flexibility index (Phi) is 7.46. The van der Waals surface area contributed by atoms with Crippen molar-refractivity contribution in [2.75, 3.05) is 0 Å². The van der Waals surface area contributed by atoms with Crippen molar-refractivity contribution in [3.63, 3.8) is 0 Å². The van der Waals surface area contributed by atoms with E-state index in [1.807, 2.05) is 24.3 Å². The van der Waals surface area contributed by atoms with E-state index < -0.39 is 11.9 Å². The number of halogens is 1. The molecule has 0 saturated heterocycles. The van der Waals surface area contributed by atoms with Crippen LogP contribution in [0.1, 0.15) is 34.3 Å². The number of rotatable bonds is 6. The summed E-state index contributed by atoms with van der Waals surface area (Å²) in [6, 6.07) is 13.8. The van der Waals surface area contributed by atoms with Gasteiger partial charge in [-0.15, -0.1) is 0 Å². The first-order valence-electron chi connectivity index (χ1n) is 8.27. The maximum atomic E-state index is 12.4. The third-order valence-corrected chi connectivity index (χ3v) is 4.73. The van der Waals surface area contributed by atoms with Crippen molar-refractivity contribution in [2.24, 2.45) is 5.92 Å². The summed E-state index contributed by atoms with van der Waals surface area (Å²) in [4.78, 5) is 36.1. The molecule has 27 heavy (non-hydrogen) atoms. The van der Waals surface area contributed by atoms with Crippen molar-refractivity contribution in [2.45, 2.75) is 19.3 Å². The maximum absolute atomic E-state index is 12.4. The number of Topliss-reactive ketones (excluding diaryl/α,β-unsaturated/α-hetero) is 1. The summed E-state index contributed by atoms with van der Waals surface area (Å²) in [5.74, 6) is -2.26. The topological polar surface area (TPSA) is 71.4 Å². The summed E-state index contributed by atoms with van der Waals surface area (Å²) >= 11 is 5.82. The van der Waals surface area contributed by atoms with Crippen molar-refractivity contribution in [3.8, 4) is 0 Å². The molecular formula is C21H17BiClO4+3. The van der Waals surface area contributed by atoms with E-state index in [1.165, 1.54) is 6.08 Å². The number of benzene rings is 2. The molecule has 0 saturated carbocycles. The van der Waals surface area contributed by atoms with E-state index in [1.54, 1.807) is 24.3 Å². The van der Waals surface area contributed by atoms with Crippen molar-refractivity contribution < 1.29 is 19.5 Å². The van der Waals surface area contributed by atoms with Gasteiger partial charge in [0, 0.05) is 23.4 Å². The monoisotopic (exact) mass is 577 g/mol.